The molecule has 0 spiro atoms. The van der Waals surface area contributed by atoms with Crippen LogP contribution in [0.4, 0.5) is 0 Å². The van der Waals surface area contributed by atoms with Gasteiger partial charge in [-0.2, -0.15) is 0 Å². The molecule has 2 unspecified atom stereocenters. The van der Waals surface area contributed by atoms with Crippen LogP contribution in [0.25, 0.3) is 0 Å². The number of hydrogen-bond acceptors (Lipinski definition) is 0. The molecule has 0 bridgehead atoms. The minimum absolute atomic E-state index is 0.543. The highest BCUT2D eigenvalue weighted by atomic mass is 28.3. The highest BCUT2D eigenvalue weighted by molar-refractivity contribution is 6.80. The van der Waals surface area contributed by atoms with Crippen LogP contribution in [0, 0.1) is 5.92 Å². The largest absolute Gasteiger partial charge is 0.103 e. The first-order valence-electron chi connectivity index (χ1n) is 6.20. The van der Waals surface area contributed by atoms with E-state index in [4.69, 9.17) is 0 Å². The fourth-order valence-corrected chi connectivity index (χ4v) is 6.99. The van der Waals surface area contributed by atoms with E-state index in [-0.39, 0.29) is 0 Å². The quantitative estimate of drug-likeness (QED) is 0.463. The Morgan fingerprint density at radius 1 is 1.33 bits per heavy atom. The molecule has 0 saturated carbocycles. The van der Waals surface area contributed by atoms with Gasteiger partial charge >= 0.3 is 0 Å². The highest BCUT2D eigenvalue weighted by Crippen LogP contribution is 2.56. The Morgan fingerprint density at radius 2 is 2.00 bits per heavy atom. The Balaban J connectivity index is 2.95. The third kappa shape index (κ3) is 2.28. The van der Waals surface area contributed by atoms with Crippen molar-refractivity contribution >= 4 is 8.07 Å². The summed E-state index contributed by atoms with van der Waals surface area (Å²) in [5, 5.41) is 0.543. The fraction of sp³-hybridized carbons (Fsp3) is 0.714. The first-order valence-corrected chi connectivity index (χ1v) is 9.40. The van der Waals surface area contributed by atoms with E-state index in [0.29, 0.717) is 5.04 Å². The minimum Gasteiger partial charge on any atom is -0.103 e. The summed E-state index contributed by atoms with van der Waals surface area (Å²) in [6.07, 6.45) is 9.47. The van der Waals surface area contributed by atoms with Crippen molar-refractivity contribution in [2.75, 3.05) is 0 Å². The second kappa shape index (κ2) is 4.69. The van der Waals surface area contributed by atoms with Gasteiger partial charge in [-0.3, -0.25) is 0 Å². The maximum absolute atomic E-state index is 3.96. The zero-order valence-electron chi connectivity index (χ0n) is 10.7. The highest BCUT2D eigenvalue weighted by Gasteiger charge is 2.48. The molecular weight excluding hydrogens is 196 g/mol. The molecule has 1 heterocycles. The standard InChI is InChI=1S/C14H26Si/c1-6-9-13-10-8-12-15(4,5)14(13,3)11-7-2/h6-7,13H,1-2,8-12H2,3-5H3. The van der Waals surface area contributed by atoms with Gasteiger partial charge in [0.25, 0.3) is 0 Å². The molecule has 0 aromatic carbocycles. The zero-order valence-corrected chi connectivity index (χ0v) is 11.7. The third-order valence-electron chi connectivity index (χ3n) is 4.82. The van der Waals surface area contributed by atoms with Crippen LogP contribution in [0.15, 0.2) is 25.3 Å². The van der Waals surface area contributed by atoms with Crippen LogP contribution < -0.4 is 0 Å². The van der Waals surface area contributed by atoms with Gasteiger partial charge in [0.1, 0.15) is 0 Å². The van der Waals surface area contributed by atoms with Gasteiger partial charge in [0.05, 0.1) is 8.07 Å². The lowest BCUT2D eigenvalue weighted by Crippen LogP contribution is -2.47. The van der Waals surface area contributed by atoms with Crippen LogP contribution in [0.5, 0.6) is 0 Å². The van der Waals surface area contributed by atoms with Crippen molar-refractivity contribution in [3.8, 4) is 0 Å². The number of hydrogen-bond donors (Lipinski definition) is 0. The predicted molar refractivity (Wildman–Crippen MR) is 73.0 cm³/mol. The molecule has 15 heavy (non-hydrogen) atoms. The van der Waals surface area contributed by atoms with Crippen LogP contribution >= 0.6 is 0 Å². The molecule has 0 N–H and O–H groups in total. The van der Waals surface area contributed by atoms with Gasteiger partial charge < -0.3 is 0 Å². The Kier molecular flexibility index (Phi) is 3.99. The van der Waals surface area contributed by atoms with Crippen molar-refractivity contribution < 1.29 is 0 Å². The van der Waals surface area contributed by atoms with Crippen LogP contribution in [0.1, 0.15) is 32.6 Å². The van der Waals surface area contributed by atoms with Crippen molar-refractivity contribution in [3.63, 3.8) is 0 Å². The molecule has 1 rings (SSSR count). The molecule has 1 saturated heterocycles. The van der Waals surface area contributed by atoms with Gasteiger partial charge in [-0.05, 0) is 23.8 Å². The van der Waals surface area contributed by atoms with Crippen LogP contribution in [0.3, 0.4) is 0 Å². The zero-order chi connectivity index (χ0) is 11.5. The monoisotopic (exact) mass is 222 g/mol. The summed E-state index contributed by atoms with van der Waals surface area (Å²) in [6, 6.07) is 1.49. The van der Waals surface area contributed by atoms with Gasteiger partial charge in [0.2, 0.25) is 0 Å². The molecule has 1 aliphatic heterocycles. The van der Waals surface area contributed by atoms with Crippen molar-refractivity contribution in [1.29, 1.82) is 0 Å². The average Bonchev–Trinajstić information content (AvgIpc) is 2.14. The van der Waals surface area contributed by atoms with Crippen molar-refractivity contribution in [2.24, 2.45) is 5.92 Å². The van der Waals surface area contributed by atoms with Crippen molar-refractivity contribution in [2.45, 2.75) is 56.8 Å². The number of rotatable bonds is 4. The Bertz CT molecular complexity index is 242. The average molecular weight is 222 g/mol. The lowest BCUT2D eigenvalue weighted by atomic mass is 9.83. The van der Waals surface area contributed by atoms with E-state index in [1.807, 2.05) is 0 Å². The van der Waals surface area contributed by atoms with E-state index in [1.54, 1.807) is 0 Å². The lowest BCUT2D eigenvalue weighted by Gasteiger charge is -2.52. The van der Waals surface area contributed by atoms with Gasteiger partial charge in [-0.1, -0.05) is 51.1 Å². The SMILES string of the molecule is C=CCC1CCC[Si](C)(C)C1(C)CC=C. The van der Waals surface area contributed by atoms with E-state index in [1.165, 1.54) is 31.7 Å². The van der Waals surface area contributed by atoms with E-state index in [9.17, 15) is 0 Å². The molecule has 1 aliphatic rings. The van der Waals surface area contributed by atoms with Crippen molar-refractivity contribution in [1.82, 2.24) is 0 Å². The molecule has 0 amide bonds. The number of allylic oxidation sites excluding steroid dienone is 2. The van der Waals surface area contributed by atoms with Gasteiger partial charge in [0.15, 0.2) is 0 Å². The lowest BCUT2D eigenvalue weighted by molar-refractivity contribution is 0.320. The second-order valence-corrected chi connectivity index (χ2v) is 11.3. The molecule has 0 radical (unpaired) electrons. The normalized spacial score (nSPS) is 34.7. The smallest absolute Gasteiger partial charge is 0.0540 e. The van der Waals surface area contributed by atoms with Crippen molar-refractivity contribution in [3.05, 3.63) is 25.3 Å². The Labute approximate surface area is 96.5 Å². The van der Waals surface area contributed by atoms with E-state index >= 15 is 0 Å². The van der Waals surface area contributed by atoms with Crippen LogP contribution in [0.2, 0.25) is 24.2 Å². The van der Waals surface area contributed by atoms with Gasteiger partial charge in [0, 0.05) is 0 Å². The third-order valence-corrected chi connectivity index (χ3v) is 10.1. The molecule has 0 aromatic rings. The van der Waals surface area contributed by atoms with Crippen LogP contribution in [-0.4, -0.2) is 8.07 Å². The summed E-state index contributed by atoms with van der Waals surface area (Å²) in [4.78, 5) is 0. The molecule has 2 atom stereocenters. The van der Waals surface area contributed by atoms with E-state index < -0.39 is 8.07 Å². The maximum atomic E-state index is 3.96. The molecular formula is C14H26Si. The summed E-state index contributed by atoms with van der Waals surface area (Å²) < 4.78 is 0. The molecule has 1 heteroatoms. The second-order valence-electron chi connectivity index (χ2n) is 5.91. The Hall–Kier alpha value is -0.303. The molecule has 0 aliphatic carbocycles. The van der Waals surface area contributed by atoms with Crippen LogP contribution in [-0.2, 0) is 0 Å². The summed E-state index contributed by atoms with van der Waals surface area (Å²) >= 11 is 0. The molecule has 0 aromatic heterocycles. The first kappa shape index (κ1) is 12.8. The first-order chi connectivity index (χ1) is 6.98. The summed E-state index contributed by atoms with van der Waals surface area (Å²) in [6.45, 7) is 15.5. The van der Waals surface area contributed by atoms with E-state index in [2.05, 4.69) is 45.3 Å². The predicted octanol–water partition coefficient (Wildman–Crippen LogP) is 5.02. The Morgan fingerprint density at radius 3 is 2.53 bits per heavy atom. The topological polar surface area (TPSA) is 0 Å². The minimum atomic E-state index is -1.08. The summed E-state index contributed by atoms with van der Waals surface area (Å²) in [5.74, 6) is 0.850. The molecule has 1 fully saturated rings. The summed E-state index contributed by atoms with van der Waals surface area (Å²) in [5.41, 5.74) is 0. The summed E-state index contributed by atoms with van der Waals surface area (Å²) in [7, 11) is -1.08. The van der Waals surface area contributed by atoms with Gasteiger partial charge in [-0.15, -0.1) is 13.2 Å². The fourth-order valence-electron chi connectivity index (χ4n) is 3.27. The van der Waals surface area contributed by atoms with E-state index in [0.717, 1.165) is 5.92 Å². The van der Waals surface area contributed by atoms with Gasteiger partial charge in [-0.25, -0.2) is 0 Å². The molecule has 0 nitrogen and oxygen atoms in total. The molecule has 86 valence electrons. The maximum Gasteiger partial charge on any atom is 0.0540 e.